The van der Waals surface area contributed by atoms with Gasteiger partial charge in [-0.2, -0.15) is 0 Å². The third-order valence-corrected chi connectivity index (χ3v) is 6.35. The lowest BCUT2D eigenvalue weighted by atomic mass is 10.1. The highest BCUT2D eigenvalue weighted by atomic mass is 32.1. The molecule has 0 saturated heterocycles. The molecule has 1 aliphatic carbocycles. The molecule has 0 amide bonds. The van der Waals surface area contributed by atoms with E-state index in [2.05, 4.69) is 50.9 Å². The molecule has 3 N–H and O–H groups in total. The van der Waals surface area contributed by atoms with Crippen molar-refractivity contribution < 1.29 is 5.11 Å². The zero-order valence-corrected chi connectivity index (χ0v) is 16.7. The summed E-state index contributed by atoms with van der Waals surface area (Å²) in [4.78, 5) is 9.96. The fourth-order valence-electron chi connectivity index (χ4n) is 3.32. The Balaban J connectivity index is 1.37. The van der Waals surface area contributed by atoms with Crippen LogP contribution >= 0.6 is 11.3 Å². The highest BCUT2D eigenvalue weighted by Crippen LogP contribution is 2.37. The summed E-state index contributed by atoms with van der Waals surface area (Å²) in [6.07, 6.45) is 4.30. The smallest absolute Gasteiger partial charge is 0.151 e. The molecular weight excluding hydrogens is 380 g/mol. The Labute approximate surface area is 173 Å². The van der Waals surface area contributed by atoms with E-state index in [1.807, 2.05) is 12.1 Å². The number of hydrogen-bond acceptors (Lipinski definition) is 6. The van der Waals surface area contributed by atoms with Gasteiger partial charge in [0.25, 0.3) is 0 Å². The summed E-state index contributed by atoms with van der Waals surface area (Å²) in [5, 5.41) is 16.8. The maximum absolute atomic E-state index is 10.0. The van der Waals surface area contributed by atoms with Gasteiger partial charge in [-0.1, -0.05) is 36.4 Å². The summed E-state index contributed by atoms with van der Waals surface area (Å²) in [6.45, 7) is 2.05. The van der Waals surface area contributed by atoms with Crippen LogP contribution in [0.15, 0.2) is 60.9 Å². The molecule has 2 aromatic carbocycles. The van der Waals surface area contributed by atoms with Gasteiger partial charge in [-0.15, -0.1) is 11.3 Å². The molecule has 0 atom stereocenters. The maximum Gasteiger partial charge on any atom is 0.151 e. The number of nitrogens with zero attached hydrogens (tertiary/aromatic N) is 2. The van der Waals surface area contributed by atoms with Crippen LogP contribution in [0, 0.1) is 5.92 Å². The molecule has 1 fully saturated rings. The molecule has 1 saturated carbocycles. The molecule has 6 heteroatoms. The van der Waals surface area contributed by atoms with Crippen molar-refractivity contribution in [2.75, 3.05) is 11.9 Å². The van der Waals surface area contributed by atoms with E-state index in [0.717, 1.165) is 34.1 Å². The Bertz CT molecular complexity index is 1140. The Morgan fingerprint density at radius 3 is 2.66 bits per heavy atom. The first-order chi connectivity index (χ1) is 14.3. The molecule has 4 aromatic rings. The van der Waals surface area contributed by atoms with Gasteiger partial charge >= 0.3 is 0 Å². The summed E-state index contributed by atoms with van der Waals surface area (Å²) in [5.74, 6) is 1.80. The number of phenolic OH excluding ortho intramolecular Hbond substituents is 1. The van der Waals surface area contributed by atoms with Crippen LogP contribution in [0.1, 0.15) is 18.4 Å². The predicted molar refractivity (Wildman–Crippen MR) is 119 cm³/mol. The number of benzene rings is 2. The second-order valence-corrected chi connectivity index (χ2v) is 8.51. The topological polar surface area (TPSA) is 70.1 Å². The molecule has 29 heavy (non-hydrogen) atoms. The van der Waals surface area contributed by atoms with E-state index in [-0.39, 0.29) is 5.75 Å². The Morgan fingerprint density at radius 1 is 1.03 bits per heavy atom. The Hall–Kier alpha value is -2.96. The molecule has 0 radical (unpaired) electrons. The number of anilines is 2. The Morgan fingerprint density at radius 2 is 1.86 bits per heavy atom. The van der Waals surface area contributed by atoms with Gasteiger partial charge in [0.2, 0.25) is 0 Å². The van der Waals surface area contributed by atoms with Crippen molar-refractivity contribution in [1.29, 1.82) is 0 Å². The van der Waals surface area contributed by atoms with E-state index in [9.17, 15) is 5.11 Å². The van der Waals surface area contributed by atoms with Crippen molar-refractivity contribution >= 4 is 33.1 Å². The first kappa shape index (κ1) is 18.1. The van der Waals surface area contributed by atoms with E-state index in [1.165, 1.54) is 24.0 Å². The fraction of sp³-hybridized carbons (Fsp3) is 0.217. The van der Waals surface area contributed by atoms with E-state index >= 15 is 0 Å². The van der Waals surface area contributed by atoms with Crippen LogP contribution in [0.2, 0.25) is 0 Å². The van der Waals surface area contributed by atoms with Crippen LogP contribution < -0.4 is 10.6 Å². The van der Waals surface area contributed by atoms with Crippen molar-refractivity contribution in [3.8, 4) is 16.2 Å². The number of aromatic nitrogens is 2. The molecule has 0 spiro atoms. The van der Waals surface area contributed by atoms with Crippen LogP contribution in [0.25, 0.3) is 20.7 Å². The molecular formula is C23H22N4OS. The average Bonchev–Trinajstić information content (AvgIpc) is 3.46. The number of phenols is 1. The van der Waals surface area contributed by atoms with Gasteiger partial charge in [-0.25, -0.2) is 9.97 Å². The average molecular weight is 403 g/mol. The summed E-state index contributed by atoms with van der Waals surface area (Å²) in [5.41, 5.74) is 4.00. The van der Waals surface area contributed by atoms with Crippen LogP contribution in [-0.4, -0.2) is 21.6 Å². The van der Waals surface area contributed by atoms with Gasteiger partial charge in [0, 0.05) is 11.4 Å². The lowest BCUT2D eigenvalue weighted by Crippen LogP contribution is -2.15. The lowest BCUT2D eigenvalue weighted by molar-refractivity contribution is 0.478. The van der Waals surface area contributed by atoms with Crippen LogP contribution in [0.4, 0.5) is 11.5 Å². The van der Waals surface area contributed by atoms with Crippen molar-refractivity contribution in [2.24, 2.45) is 5.92 Å². The number of hydrogen-bond donors (Lipinski definition) is 3. The fourth-order valence-corrected chi connectivity index (χ4v) is 4.38. The second kappa shape index (κ2) is 7.81. The number of para-hydroxylation sites is 2. The molecule has 5 nitrogen and oxygen atoms in total. The largest absolute Gasteiger partial charge is 0.506 e. The SMILES string of the molecule is Oc1ccccc1Nc1ncnc2cc(-c3ccc(CNCC4CC4)cc3)sc12. The zero-order chi connectivity index (χ0) is 19.6. The van der Waals surface area contributed by atoms with Crippen LogP contribution in [-0.2, 0) is 6.54 Å². The number of fused-ring (bicyclic) bond motifs is 1. The van der Waals surface area contributed by atoms with Gasteiger partial charge in [-0.05, 0) is 54.6 Å². The van der Waals surface area contributed by atoms with E-state index in [4.69, 9.17) is 0 Å². The third kappa shape index (κ3) is 4.09. The monoisotopic (exact) mass is 402 g/mol. The first-order valence-corrected chi connectivity index (χ1v) is 10.7. The molecule has 1 aliphatic rings. The standard InChI is InChI=1S/C23H22N4OS/c28-20-4-2-1-3-18(20)27-23-22-19(25-14-26-23)11-21(29-22)17-9-7-16(8-10-17)13-24-12-15-5-6-15/h1-4,7-11,14-15,24,28H,5-6,12-13H2,(H,25,26,27). The van der Waals surface area contributed by atoms with E-state index in [0.29, 0.717) is 11.5 Å². The quantitative estimate of drug-likeness (QED) is 0.366. The number of aromatic hydroxyl groups is 1. The lowest BCUT2D eigenvalue weighted by Gasteiger charge is -2.07. The Kier molecular flexibility index (Phi) is 4.87. The molecule has 0 aliphatic heterocycles. The summed E-state index contributed by atoms with van der Waals surface area (Å²) in [6, 6.07) is 18.0. The highest BCUT2D eigenvalue weighted by Gasteiger charge is 2.20. The van der Waals surface area contributed by atoms with Crippen molar-refractivity contribution in [2.45, 2.75) is 19.4 Å². The van der Waals surface area contributed by atoms with Gasteiger partial charge in [-0.3, -0.25) is 0 Å². The second-order valence-electron chi connectivity index (χ2n) is 7.46. The summed E-state index contributed by atoms with van der Waals surface area (Å²) >= 11 is 1.65. The van der Waals surface area contributed by atoms with E-state index < -0.39 is 0 Å². The zero-order valence-electron chi connectivity index (χ0n) is 15.9. The molecule has 0 unspecified atom stereocenters. The van der Waals surface area contributed by atoms with E-state index in [1.54, 1.807) is 29.8 Å². The molecule has 2 heterocycles. The van der Waals surface area contributed by atoms with Gasteiger partial charge in [0.05, 0.1) is 15.9 Å². The molecule has 0 bridgehead atoms. The minimum absolute atomic E-state index is 0.196. The number of thiophene rings is 1. The first-order valence-electron chi connectivity index (χ1n) is 9.86. The normalized spacial score (nSPS) is 13.7. The third-order valence-electron chi connectivity index (χ3n) is 5.17. The summed E-state index contributed by atoms with van der Waals surface area (Å²) in [7, 11) is 0. The highest BCUT2D eigenvalue weighted by molar-refractivity contribution is 7.22. The molecule has 5 rings (SSSR count). The van der Waals surface area contributed by atoms with Gasteiger partial charge in [0.15, 0.2) is 5.82 Å². The predicted octanol–water partition coefficient (Wildman–Crippen LogP) is 5.31. The van der Waals surface area contributed by atoms with Crippen molar-refractivity contribution in [3.63, 3.8) is 0 Å². The van der Waals surface area contributed by atoms with Gasteiger partial charge < -0.3 is 15.7 Å². The van der Waals surface area contributed by atoms with Crippen molar-refractivity contribution in [1.82, 2.24) is 15.3 Å². The minimum Gasteiger partial charge on any atom is -0.506 e. The number of rotatable bonds is 7. The molecule has 2 aromatic heterocycles. The number of nitrogens with one attached hydrogen (secondary N) is 2. The minimum atomic E-state index is 0.196. The van der Waals surface area contributed by atoms with Crippen molar-refractivity contribution in [3.05, 3.63) is 66.5 Å². The van der Waals surface area contributed by atoms with Crippen LogP contribution in [0.3, 0.4) is 0 Å². The maximum atomic E-state index is 10.0. The summed E-state index contributed by atoms with van der Waals surface area (Å²) < 4.78 is 0.973. The van der Waals surface area contributed by atoms with Crippen LogP contribution in [0.5, 0.6) is 5.75 Å². The molecule has 146 valence electrons. The van der Waals surface area contributed by atoms with Gasteiger partial charge in [0.1, 0.15) is 12.1 Å².